The maximum atomic E-state index is 12.1. The van der Waals surface area contributed by atoms with Crippen molar-refractivity contribution in [1.29, 1.82) is 0 Å². The summed E-state index contributed by atoms with van der Waals surface area (Å²) in [7, 11) is 0. The van der Waals surface area contributed by atoms with E-state index < -0.39 is 24.2 Å². The summed E-state index contributed by atoms with van der Waals surface area (Å²) >= 11 is 0. The van der Waals surface area contributed by atoms with Gasteiger partial charge in [-0.3, -0.25) is 9.59 Å². The van der Waals surface area contributed by atoms with Crippen molar-refractivity contribution in [2.75, 3.05) is 6.61 Å². The molecule has 0 saturated carbocycles. The predicted molar refractivity (Wildman–Crippen MR) is 65.9 cm³/mol. The molecule has 7 heteroatoms. The van der Waals surface area contributed by atoms with E-state index in [4.69, 9.17) is 4.74 Å². The molecular formula is C13H19F3O4. The topological polar surface area (TPSA) is 52.6 Å². The van der Waals surface area contributed by atoms with Crippen molar-refractivity contribution in [2.24, 2.45) is 0 Å². The second-order valence-corrected chi connectivity index (χ2v) is 4.09. The Morgan fingerprint density at radius 3 is 2.30 bits per heavy atom. The summed E-state index contributed by atoms with van der Waals surface area (Å²) in [6, 6.07) is 0. The number of allylic oxidation sites excluding steroid dienone is 1. The molecule has 0 aliphatic heterocycles. The molecule has 1 atom stereocenters. The number of hydrogen-bond acceptors (Lipinski definition) is 4. The van der Waals surface area contributed by atoms with Crippen molar-refractivity contribution in [1.82, 2.24) is 0 Å². The minimum absolute atomic E-state index is 0.0323. The molecular weight excluding hydrogens is 277 g/mol. The number of ether oxygens (including phenoxy) is 2. The fourth-order valence-electron chi connectivity index (χ4n) is 1.15. The van der Waals surface area contributed by atoms with Crippen LogP contribution in [-0.4, -0.2) is 30.8 Å². The fraction of sp³-hybridized carbons (Fsp3) is 0.692. The smallest absolute Gasteiger partial charge is 0.425 e. The van der Waals surface area contributed by atoms with Gasteiger partial charge in [0, 0.05) is 12.8 Å². The number of hydrogen-bond donors (Lipinski definition) is 0. The molecule has 0 N–H and O–H groups in total. The van der Waals surface area contributed by atoms with Gasteiger partial charge >= 0.3 is 18.1 Å². The first-order valence-corrected chi connectivity index (χ1v) is 6.34. The first-order chi connectivity index (χ1) is 9.27. The van der Waals surface area contributed by atoms with Crippen LogP contribution in [0, 0.1) is 0 Å². The zero-order valence-electron chi connectivity index (χ0n) is 11.5. The predicted octanol–water partition coefficient (Wildman–Crippen LogP) is 3.16. The lowest BCUT2D eigenvalue weighted by molar-refractivity contribution is -0.216. The molecule has 0 radical (unpaired) electrons. The second kappa shape index (κ2) is 9.39. The lowest BCUT2D eigenvalue weighted by atomic mass is 10.2. The molecule has 0 aromatic heterocycles. The number of carbonyl (C=O) groups is 2. The van der Waals surface area contributed by atoms with Crippen LogP contribution in [0.1, 0.15) is 39.5 Å². The third-order valence-corrected chi connectivity index (χ3v) is 2.27. The highest BCUT2D eigenvalue weighted by Gasteiger charge is 2.38. The molecule has 0 aromatic carbocycles. The van der Waals surface area contributed by atoms with Crippen LogP contribution in [0.2, 0.25) is 0 Å². The summed E-state index contributed by atoms with van der Waals surface area (Å²) in [6.07, 6.45) is -2.53. The Balaban J connectivity index is 3.76. The maximum absolute atomic E-state index is 12.1. The molecule has 0 aliphatic carbocycles. The number of rotatable bonds is 8. The molecule has 0 rings (SSSR count). The van der Waals surface area contributed by atoms with Crippen molar-refractivity contribution in [3.05, 3.63) is 12.2 Å². The van der Waals surface area contributed by atoms with Crippen LogP contribution in [-0.2, 0) is 19.1 Å². The van der Waals surface area contributed by atoms with Crippen LogP contribution in [0.25, 0.3) is 0 Å². The van der Waals surface area contributed by atoms with E-state index in [0.29, 0.717) is 0 Å². The Kier molecular flexibility index (Phi) is 8.67. The number of halogens is 3. The molecule has 0 aromatic rings. The summed E-state index contributed by atoms with van der Waals surface area (Å²) in [5.74, 6) is -1.48. The third-order valence-electron chi connectivity index (χ3n) is 2.27. The highest BCUT2D eigenvalue weighted by Crippen LogP contribution is 2.22. The Morgan fingerprint density at radius 2 is 1.75 bits per heavy atom. The van der Waals surface area contributed by atoms with Gasteiger partial charge in [0.1, 0.15) is 6.61 Å². The highest BCUT2D eigenvalue weighted by molar-refractivity contribution is 5.72. The second-order valence-electron chi connectivity index (χ2n) is 4.09. The molecule has 0 aliphatic rings. The quantitative estimate of drug-likeness (QED) is 0.510. The van der Waals surface area contributed by atoms with Crippen LogP contribution >= 0.6 is 0 Å². The minimum Gasteiger partial charge on any atom is -0.461 e. The van der Waals surface area contributed by atoms with Crippen molar-refractivity contribution in [3.63, 3.8) is 0 Å². The minimum atomic E-state index is -4.57. The van der Waals surface area contributed by atoms with Crippen molar-refractivity contribution in [2.45, 2.75) is 51.8 Å². The van der Waals surface area contributed by atoms with E-state index in [1.54, 1.807) is 6.08 Å². The van der Waals surface area contributed by atoms with Crippen LogP contribution < -0.4 is 0 Å². The molecule has 0 fully saturated rings. The fourth-order valence-corrected chi connectivity index (χ4v) is 1.15. The first-order valence-electron chi connectivity index (χ1n) is 6.34. The summed E-state index contributed by atoms with van der Waals surface area (Å²) < 4.78 is 45.3. The van der Waals surface area contributed by atoms with E-state index in [0.717, 1.165) is 13.3 Å². The molecule has 0 saturated heterocycles. The Hall–Kier alpha value is -1.53. The van der Waals surface area contributed by atoms with Gasteiger partial charge < -0.3 is 9.47 Å². The summed E-state index contributed by atoms with van der Waals surface area (Å²) in [6.45, 7) is 2.85. The number of carbonyl (C=O) groups excluding carboxylic acids is 2. The standard InChI is InChI=1S/C13H19F3O4/c1-3-4-5-9-19-11(17)7-6-8-12(18)20-10(2)13(14,15)16/h4-5,10H,3,6-9H2,1-2H3/b5-4+. The van der Waals surface area contributed by atoms with Gasteiger partial charge in [0.05, 0.1) is 0 Å². The molecule has 0 amide bonds. The zero-order valence-corrected chi connectivity index (χ0v) is 11.5. The summed E-state index contributed by atoms with van der Waals surface area (Å²) in [5.41, 5.74) is 0. The van der Waals surface area contributed by atoms with Gasteiger partial charge in [0.2, 0.25) is 0 Å². The van der Waals surface area contributed by atoms with Crippen LogP contribution in [0.4, 0.5) is 13.2 Å². The third kappa shape index (κ3) is 9.41. The molecule has 0 heterocycles. The molecule has 0 bridgehead atoms. The normalized spacial score (nSPS) is 13.2. The largest absolute Gasteiger partial charge is 0.461 e. The van der Waals surface area contributed by atoms with E-state index in [2.05, 4.69) is 4.74 Å². The highest BCUT2D eigenvalue weighted by atomic mass is 19.4. The molecule has 1 unspecified atom stereocenters. The number of esters is 2. The Bertz CT molecular complexity index is 337. The summed E-state index contributed by atoms with van der Waals surface area (Å²) in [4.78, 5) is 22.3. The van der Waals surface area contributed by atoms with Gasteiger partial charge in [-0.05, 0) is 19.8 Å². The van der Waals surface area contributed by atoms with E-state index >= 15 is 0 Å². The van der Waals surface area contributed by atoms with E-state index in [1.807, 2.05) is 13.0 Å². The van der Waals surface area contributed by atoms with Gasteiger partial charge in [0.15, 0.2) is 6.10 Å². The van der Waals surface area contributed by atoms with Gasteiger partial charge in [-0.1, -0.05) is 19.1 Å². The van der Waals surface area contributed by atoms with Crippen molar-refractivity contribution >= 4 is 11.9 Å². The molecule has 116 valence electrons. The van der Waals surface area contributed by atoms with Gasteiger partial charge in [0.25, 0.3) is 0 Å². The monoisotopic (exact) mass is 296 g/mol. The number of alkyl halides is 3. The van der Waals surface area contributed by atoms with Gasteiger partial charge in [-0.2, -0.15) is 13.2 Å². The zero-order chi connectivity index (χ0) is 15.6. The lowest BCUT2D eigenvalue weighted by Crippen LogP contribution is -2.30. The SMILES string of the molecule is CC/C=C/COC(=O)CCCC(=O)OC(C)C(F)(F)F. The maximum Gasteiger partial charge on any atom is 0.425 e. The molecule has 20 heavy (non-hydrogen) atoms. The van der Waals surface area contributed by atoms with Crippen LogP contribution in [0.3, 0.4) is 0 Å². The average Bonchev–Trinajstić information content (AvgIpc) is 2.33. The summed E-state index contributed by atoms with van der Waals surface area (Å²) in [5, 5.41) is 0. The van der Waals surface area contributed by atoms with Crippen LogP contribution in [0.15, 0.2) is 12.2 Å². The Labute approximate surface area is 115 Å². The van der Waals surface area contributed by atoms with Gasteiger partial charge in [-0.25, -0.2) is 0 Å². The van der Waals surface area contributed by atoms with E-state index in [-0.39, 0.29) is 25.9 Å². The molecule has 0 spiro atoms. The van der Waals surface area contributed by atoms with Crippen LogP contribution in [0.5, 0.6) is 0 Å². The van der Waals surface area contributed by atoms with Crippen molar-refractivity contribution < 1.29 is 32.2 Å². The lowest BCUT2D eigenvalue weighted by Gasteiger charge is -2.16. The molecule has 4 nitrogen and oxygen atoms in total. The van der Waals surface area contributed by atoms with Crippen molar-refractivity contribution in [3.8, 4) is 0 Å². The van der Waals surface area contributed by atoms with E-state index in [1.165, 1.54) is 0 Å². The first kappa shape index (κ1) is 18.5. The Morgan fingerprint density at radius 1 is 1.15 bits per heavy atom. The average molecular weight is 296 g/mol. The van der Waals surface area contributed by atoms with E-state index in [9.17, 15) is 22.8 Å². The van der Waals surface area contributed by atoms with Gasteiger partial charge in [-0.15, -0.1) is 0 Å².